The van der Waals surface area contributed by atoms with Crippen LogP contribution in [-0.2, 0) is 0 Å². The Kier molecular flexibility index (Phi) is 4.12. The highest BCUT2D eigenvalue weighted by molar-refractivity contribution is 9.10. The van der Waals surface area contributed by atoms with Crippen molar-refractivity contribution >= 4 is 33.3 Å². The molecule has 9 heteroatoms. The number of carbonyl (C=O) groups excluding carboxylic acids is 1. The lowest BCUT2D eigenvalue weighted by Crippen LogP contribution is -2.18. The Labute approximate surface area is 124 Å². The molecular formula is C12H6BrF4N3O. The number of nitrogens with zero attached hydrogens (tertiary/aromatic N) is 1. The van der Waals surface area contributed by atoms with E-state index < -0.39 is 34.9 Å². The summed E-state index contributed by atoms with van der Waals surface area (Å²) in [5.41, 5.74) is 4.00. The number of rotatable bonds is 2. The fourth-order valence-electron chi connectivity index (χ4n) is 1.50. The molecule has 0 aliphatic heterocycles. The number of nitrogen functional groups attached to an aromatic ring is 1. The van der Waals surface area contributed by atoms with Gasteiger partial charge in [-0.05, 0) is 22.0 Å². The molecule has 3 N–H and O–H groups in total. The number of benzene rings is 1. The predicted octanol–water partition coefficient (Wildman–Crippen LogP) is 3.24. The molecular weight excluding hydrogens is 358 g/mol. The molecule has 4 nitrogen and oxygen atoms in total. The molecule has 0 aliphatic carbocycles. The first-order valence-corrected chi connectivity index (χ1v) is 6.16. The van der Waals surface area contributed by atoms with E-state index in [0.717, 1.165) is 0 Å². The van der Waals surface area contributed by atoms with E-state index in [0.29, 0.717) is 4.47 Å². The first kappa shape index (κ1) is 15.2. The van der Waals surface area contributed by atoms with Crippen LogP contribution in [0.4, 0.5) is 29.1 Å². The largest absolute Gasteiger partial charge is 0.383 e. The number of hydrogen-bond donors (Lipinski definition) is 2. The second-order valence-electron chi connectivity index (χ2n) is 3.88. The molecule has 0 spiro atoms. The van der Waals surface area contributed by atoms with Gasteiger partial charge in [0.05, 0.1) is 5.56 Å². The molecule has 110 valence electrons. The number of carbonyl (C=O) groups is 1. The molecule has 1 heterocycles. The van der Waals surface area contributed by atoms with Crippen LogP contribution < -0.4 is 11.1 Å². The number of anilines is 2. The summed E-state index contributed by atoms with van der Waals surface area (Å²) in [6.07, 6.45) is 1.30. The lowest BCUT2D eigenvalue weighted by molar-refractivity contribution is 0.102. The SMILES string of the molecule is Nc1ncc(Br)cc1C(=O)Nc1c(F)c(F)cc(F)c1F. The van der Waals surface area contributed by atoms with Gasteiger partial charge >= 0.3 is 0 Å². The summed E-state index contributed by atoms with van der Waals surface area (Å²) in [5.74, 6) is -7.99. The normalized spacial score (nSPS) is 10.5. The zero-order valence-corrected chi connectivity index (χ0v) is 11.6. The third kappa shape index (κ3) is 2.97. The molecule has 0 saturated heterocycles. The molecule has 0 saturated carbocycles. The van der Waals surface area contributed by atoms with Gasteiger partial charge in [-0.2, -0.15) is 0 Å². The molecule has 0 atom stereocenters. The molecule has 1 aromatic carbocycles. The quantitative estimate of drug-likeness (QED) is 0.635. The maximum Gasteiger partial charge on any atom is 0.259 e. The van der Waals surface area contributed by atoms with E-state index in [9.17, 15) is 22.4 Å². The summed E-state index contributed by atoms with van der Waals surface area (Å²) in [4.78, 5) is 15.5. The number of pyridine rings is 1. The van der Waals surface area contributed by atoms with Crippen molar-refractivity contribution in [1.82, 2.24) is 4.98 Å². The molecule has 2 aromatic rings. The maximum absolute atomic E-state index is 13.4. The molecule has 2 rings (SSSR count). The highest BCUT2D eigenvalue weighted by Gasteiger charge is 2.22. The van der Waals surface area contributed by atoms with Crippen molar-refractivity contribution < 1.29 is 22.4 Å². The molecule has 0 unspecified atom stereocenters. The van der Waals surface area contributed by atoms with Crippen LogP contribution in [-0.4, -0.2) is 10.9 Å². The summed E-state index contributed by atoms with van der Waals surface area (Å²) in [6.45, 7) is 0. The molecule has 1 amide bonds. The zero-order chi connectivity index (χ0) is 15.7. The van der Waals surface area contributed by atoms with Gasteiger partial charge in [-0.15, -0.1) is 0 Å². The predicted molar refractivity (Wildman–Crippen MR) is 70.6 cm³/mol. The van der Waals surface area contributed by atoms with E-state index >= 15 is 0 Å². The summed E-state index contributed by atoms with van der Waals surface area (Å²) in [7, 11) is 0. The molecule has 0 radical (unpaired) electrons. The third-order valence-corrected chi connectivity index (χ3v) is 2.91. The fourth-order valence-corrected chi connectivity index (χ4v) is 1.83. The Hall–Kier alpha value is -2.16. The molecule has 0 bridgehead atoms. The van der Waals surface area contributed by atoms with Crippen molar-refractivity contribution in [2.45, 2.75) is 0 Å². The standard InChI is InChI=1S/C12H6BrF4N3O/c13-4-1-5(11(18)19-3-4)12(21)20-10-8(16)6(14)2-7(15)9(10)17/h1-3H,(H2,18,19)(H,20,21). The average molecular weight is 364 g/mol. The summed E-state index contributed by atoms with van der Waals surface area (Å²) < 4.78 is 53.4. The Morgan fingerprint density at radius 2 is 1.71 bits per heavy atom. The topological polar surface area (TPSA) is 68.0 Å². The Balaban J connectivity index is 2.43. The van der Waals surface area contributed by atoms with Gasteiger partial charge in [0, 0.05) is 16.7 Å². The van der Waals surface area contributed by atoms with Gasteiger partial charge in [0.1, 0.15) is 11.5 Å². The van der Waals surface area contributed by atoms with Crippen molar-refractivity contribution in [3.05, 3.63) is 51.6 Å². The van der Waals surface area contributed by atoms with Gasteiger partial charge in [0.15, 0.2) is 23.3 Å². The van der Waals surface area contributed by atoms with Crippen LogP contribution in [0.3, 0.4) is 0 Å². The minimum absolute atomic E-state index is 0.0370. The van der Waals surface area contributed by atoms with Crippen LogP contribution in [0.2, 0.25) is 0 Å². The summed E-state index contributed by atoms with van der Waals surface area (Å²) in [6, 6.07) is 1.28. The van der Waals surface area contributed by atoms with E-state index in [2.05, 4.69) is 20.9 Å². The number of halogens is 5. The van der Waals surface area contributed by atoms with Crippen LogP contribution in [0, 0.1) is 23.3 Å². The number of hydrogen-bond acceptors (Lipinski definition) is 3. The Bertz CT molecular complexity index is 713. The van der Waals surface area contributed by atoms with Crippen LogP contribution in [0.15, 0.2) is 22.8 Å². The lowest BCUT2D eigenvalue weighted by atomic mass is 10.2. The van der Waals surface area contributed by atoms with Gasteiger partial charge in [0.2, 0.25) is 0 Å². The van der Waals surface area contributed by atoms with Gasteiger partial charge < -0.3 is 11.1 Å². The second kappa shape index (κ2) is 5.68. The monoisotopic (exact) mass is 363 g/mol. The first-order chi connectivity index (χ1) is 9.81. The molecule has 0 fully saturated rings. The molecule has 21 heavy (non-hydrogen) atoms. The van der Waals surface area contributed by atoms with Gasteiger partial charge in [-0.25, -0.2) is 22.5 Å². The molecule has 0 aliphatic rings. The van der Waals surface area contributed by atoms with Crippen molar-refractivity contribution in [3.63, 3.8) is 0 Å². The number of nitrogens with one attached hydrogen (secondary N) is 1. The van der Waals surface area contributed by atoms with E-state index in [1.54, 1.807) is 5.32 Å². The zero-order valence-electron chi connectivity index (χ0n) is 10.1. The van der Waals surface area contributed by atoms with Crippen molar-refractivity contribution in [2.24, 2.45) is 0 Å². The highest BCUT2D eigenvalue weighted by Crippen LogP contribution is 2.25. The van der Waals surface area contributed by atoms with Crippen LogP contribution in [0.25, 0.3) is 0 Å². The van der Waals surface area contributed by atoms with Gasteiger partial charge in [0.25, 0.3) is 5.91 Å². The number of nitrogens with two attached hydrogens (primary N) is 1. The van der Waals surface area contributed by atoms with Gasteiger partial charge in [-0.3, -0.25) is 4.79 Å². The maximum atomic E-state index is 13.4. The van der Waals surface area contributed by atoms with E-state index in [-0.39, 0.29) is 17.4 Å². The van der Waals surface area contributed by atoms with Crippen LogP contribution in [0.5, 0.6) is 0 Å². The third-order valence-electron chi connectivity index (χ3n) is 2.48. The summed E-state index contributed by atoms with van der Waals surface area (Å²) in [5, 5.41) is 1.73. The second-order valence-corrected chi connectivity index (χ2v) is 4.80. The average Bonchev–Trinajstić information content (AvgIpc) is 2.43. The summed E-state index contributed by atoms with van der Waals surface area (Å²) >= 11 is 3.04. The minimum atomic E-state index is -1.72. The van der Waals surface area contributed by atoms with Gasteiger partial charge in [-0.1, -0.05) is 0 Å². The van der Waals surface area contributed by atoms with Crippen molar-refractivity contribution in [1.29, 1.82) is 0 Å². The smallest absolute Gasteiger partial charge is 0.259 e. The van der Waals surface area contributed by atoms with E-state index in [4.69, 9.17) is 5.73 Å². The Morgan fingerprint density at radius 3 is 2.29 bits per heavy atom. The van der Waals surface area contributed by atoms with E-state index in [1.165, 1.54) is 12.3 Å². The number of amides is 1. The molecule has 1 aromatic heterocycles. The van der Waals surface area contributed by atoms with Crippen LogP contribution in [0.1, 0.15) is 10.4 Å². The minimum Gasteiger partial charge on any atom is -0.383 e. The first-order valence-electron chi connectivity index (χ1n) is 5.36. The fraction of sp³-hybridized carbons (Fsp3) is 0. The lowest BCUT2D eigenvalue weighted by Gasteiger charge is -2.10. The highest BCUT2D eigenvalue weighted by atomic mass is 79.9. The van der Waals surface area contributed by atoms with Crippen molar-refractivity contribution in [2.75, 3.05) is 11.1 Å². The van der Waals surface area contributed by atoms with Crippen LogP contribution >= 0.6 is 15.9 Å². The Morgan fingerprint density at radius 1 is 1.14 bits per heavy atom. The number of aromatic nitrogens is 1. The van der Waals surface area contributed by atoms with E-state index in [1.807, 2.05) is 0 Å². The van der Waals surface area contributed by atoms with Crippen molar-refractivity contribution in [3.8, 4) is 0 Å².